The van der Waals surface area contributed by atoms with E-state index in [0.29, 0.717) is 28.6 Å². The summed E-state index contributed by atoms with van der Waals surface area (Å²) in [7, 11) is -0.809. The molecular formula is C25H26N2O6S. The first-order valence-corrected chi connectivity index (χ1v) is 11.8. The number of amides is 1. The third-order valence-electron chi connectivity index (χ3n) is 4.68. The van der Waals surface area contributed by atoms with Gasteiger partial charge < -0.3 is 19.5 Å². The van der Waals surface area contributed by atoms with Gasteiger partial charge in [0.25, 0.3) is 15.9 Å². The second-order valence-corrected chi connectivity index (χ2v) is 8.79. The highest BCUT2D eigenvalue weighted by molar-refractivity contribution is 7.92. The fourth-order valence-electron chi connectivity index (χ4n) is 3.05. The molecule has 0 spiro atoms. The van der Waals surface area contributed by atoms with E-state index < -0.39 is 15.9 Å². The molecule has 9 heteroatoms. The van der Waals surface area contributed by atoms with Crippen LogP contribution in [0.4, 0.5) is 11.4 Å². The summed E-state index contributed by atoms with van der Waals surface area (Å²) >= 11 is 0. The van der Waals surface area contributed by atoms with Crippen molar-refractivity contribution in [2.45, 2.75) is 11.8 Å². The molecule has 0 unspecified atom stereocenters. The van der Waals surface area contributed by atoms with Crippen molar-refractivity contribution in [2.75, 3.05) is 30.9 Å². The van der Waals surface area contributed by atoms with Gasteiger partial charge in [0, 0.05) is 11.4 Å². The summed E-state index contributed by atoms with van der Waals surface area (Å²) < 4.78 is 44.0. The monoisotopic (exact) mass is 482 g/mol. The van der Waals surface area contributed by atoms with E-state index in [1.54, 1.807) is 48.5 Å². The van der Waals surface area contributed by atoms with E-state index in [0.717, 1.165) is 5.56 Å². The fourth-order valence-corrected chi connectivity index (χ4v) is 4.16. The fraction of sp³-hybridized carbons (Fsp3) is 0.160. The number of ether oxygens (including phenoxy) is 3. The first kappa shape index (κ1) is 24.7. The highest BCUT2D eigenvalue weighted by Gasteiger charge is 2.16. The first-order valence-electron chi connectivity index (χ1n) is 10.3. The summed E-state index contributed by atoms with van der Waals surface area (Å²) in [5.41, 5.74) is 1.65. The lowest BCUT2D eigenvalue weighted by Gasteiger charge is -2.12. The van der Waals surface area contributed by atoms with Crippen molar-refractivity contribution in [3.05, 3.63) is 78.4 Å². The zero-order valence-electron chi connectivity index (χ0n) is 19.1. The van der Waals surface area contributed by atoms with E-state index >= 15 is 0 Å². The van der Waals surface area contributed by atoms with E-state index in [2.05, 4.69) is 10.0 Å². The number of hydrogen-bond acceptors (Lipinski definition) is 6. The Balaban J connectivity index is 1.65. The first-order chi connectivity index (χ1) is 16.3. The van der Waals surface area contributed by atoms with Crippen LogP contribution in [0.2, 0.25) is 0 Å². The molecule has 0 heterocycles. The van der Waals surface area contributed by atoms with Gasteiger partial charge in [0.1, 0.15) is 5.75 Å². The number of methoxy groups -OCH3 is 2. The third kappa shape index (κ3) is 6.52. The summed E-state index contributed by atoms with van der Waals surface area (Å²) in [6, 6.07) is 17.8. The van der Waals surface area contributed by atoms with Crippen molar-refractivity contribution in [1.82, 2.24) is 0 Å². The van der Waals surface area contributed by atoms with E-state index in [1.165, 1.54) is 26.4 Å². The summed E-state index contributed by atoms with van der Waals surface area (Å²) in [5, 5.41) is 2.65. The largest absolute Gasteiger partial charge is 0.497 e. The van der Waals surface area contributed by atoms with Crippen LogP contribution in [0.25, 0.3) is 6.08 Å². The van der Waals surface area contributed by atoms with E-state index in [4.69, 9.17) is 14.2 Å². The van der Waals surface area contributed by atoms with Crippen molar-refractivity contribution < 1.29 is 27.4 Å². The van der Waals surface area contributed by atoms with Crippen molar-refractivity contribution in [3.63, 3.8) is 0 Å². The molecule has 0 aliphatic carbocycles. The second-order valence-electron chi connectivity index (χ2n) is 7.11. The van der Waals surface area contributed by atoms with Crippen molar-refractivity contribution in [1.29, 1.82) is 0 Å². The predicted octanol–water partition coefficient (Wildman–Crippen LogP) is 4.56. The van der Waals surface area contributed by atoms with Gasteiger partial charge in [0.15, 0.2) is 18.1 Å². The summed E-state index contributed by atoms with van der Waals surface area (Å²) in [6.07, 6.45) is 3.83. The molecule has 0 aliphatic rings. The number of benzene rings is 3. The van der Waals surface area contributed by atoms with Crippen LogP contribution in [0.1, 0.15) is 12.5 Å². The Hall–Kier alpha value is -3.98. The van der Waals surface area contributed by atoms with Gasteiger partial charge in [0.2, 0.25) is 0 Å². The molecule has 178 valence electrons. The standard InChI is InChI=1S/C25H26N2O6S/c1-4-6-18-9-14-23(24(15-18)32-3)33-17-25(28)26-20-7-5-8-22(16-20)34(29,30)27-19-10-12-21(31-2)13-11-19/h4-16,27H,17H2,1-3H3,(H,26,28)/b6-4+. The molecule has 1 amide bonds. The Bertz CT molecular complexity index is 1270. The van der Waals surface area contributed by atoms with Gasteiger partial charge in [-0.05, 0) is 67.1 Å². The molecule has 0 radical (unpaired) electrons. The molecule has 0 aliphatic heterocycles. The number of sulfonamides is 1. The molecule has 3 aromatic carbocycles. The number of anilines is 2. The highest BCUT2D eigenvalue weighted by atomic mass is 32.2. The van der Waals surface area contributed by atoms with Crippen LogP contribution >= 0.6 is 0 Å². The molecule has 0 fully saturated rings. The lowest BCUT2D eigenvalue weighted by Crippen LogP contribution is -2.20. The number of hydrogen-bond donors (Lipinski definition) is 2. The maximum absolute atomic E-state index is 12.8. The molecule has 0 saturated heterocycles. The molecule has 34 heavy (non-hydrogen) atoms. The maximum atomic E-state index is 12.8. The Morgan fingerprint density at radius 1 is 0.912 bits per heavy atom. The lowest BCUT2D eigenvalue weighted by molar-refractivity contribution is -0.118. The van der Waals surface area contributed by atoms with Crippen LogP contribution in [-0.2, 0) is 14.8 Å². The van der Waals surface area contributed by atoms with E-state index in [-0.39, 0.29) is 11.5 Å². The molecule has 2 N–H and O–H groups in total. The maximum Gasteiger partial charge on any atom is 0.262 e. The minimum atomic E-state index is -3.86. The minimum Gasteiger partial charge on any atom is -0.497 e. The second kappa shape index (κ2) is 11.2. The third-order valence-corrected chi connectivity index (χ3v) is 6.05. The molecule has 0 atom stereocenters. The number of nitrogens with one attached hydrogen (secondary N) is 2. The molecule has 0 saturated carbocycles. The minimum absolute atomic E-state index is 0.00303. The number of allylic oxidation sites excluding steroid dienone is 1. The van der Waals surface area contributed by atoms with Crippen LogP contribution in [0, 0.1) is 0 Å². The van der Waals surface area contributed by atoms with Gasteiger partial charge >= 0.3 is 0 Å². The summed E-state index contributed by atoms with van der Waals surface area (Å²) in [5.74, 6) is 1.09. The van der Waals surface area contributed by atoms with E-state index in [1.807, 2.05) is 25.1 Å². The summed E-state index contributed by atoms with van der Waals surface area (Å²) in [4.78, 5) is 12.4. The lowest BCUT2D eigenvalue weighted by atomic mass is 10.2. The average molecular weight is 483 g/mol. The van der Waals surface area contributed by atoms with Crippen molar-refractivity contribution in [3.8, 4) is 17.2 Å². The van der Waals surface area contributed by atoms with Crippen molar-refractivity contribution in [2.24, 2.45) is 0 Å². The SMILES string of the molecule is C/C=C/c1ccc(OCC(=O)Nc2cccc(S(=O)(=O)Nc3ccc(OC)cc3)c2)c(OC)c1. The van der Waals surface area contributed by atoms with Crippen LogP contribution in [0.15, 0.2) is 77.7 Å². The van der Waals surface area contributed by atoms with Gasteiger partial charge in [-0.15, -0.1) is 0 Å². The van der Waals surface area contributed by atoms with Gasteiger partial charge in [0.05, 0.1) is 19.1 Å². The smallest absolute Gasteiger partial charge is 0.262 e. The Morgan fingerprint density at radius 2 is 1.68 bits per heavy atom. The van der Waals surface area contributed by atoms with Crippen LogP contribution < -0.4 is 24.2 Å². The zero-order valence-corrected chi connectivity index (χ0v) is 19.9. The Morgan fingerprint density at radius 3 is 2.35 bits per heavy atom. The average Bonchev–Trinajstić information content (AvgIpc) is 2.83. The van der Waals surface area contributed by atoms with Crippen LogP contribution in [-0.4, -0.2) is 35.2 Å². The molecule has 8 nitrogen and oxygen atoms in total. The predicted molar refractivity (Wildman–Crippen MR) is 132 cm³/mol. The topological polar surface area (TPSA) is 103 Å². The quantitative estimate of drug-likeness (QED) is 0.439. The Kier molecular flexibility index (Phi) is 8.15. The molecule has 3 rings (SSSR count). The number of rotatable bonds is 10. The molecule has 3 aromatic rings. The van der Waals surface area contributed by atoms with Crippen molar-refractivity contribution >= 4 is 33.4 Å². The molecular weight excluding hydrogens is 456 g/mol. The van der Waals surface area contributed by atoms with E-state index in [9.17, 15) is 13.2 Å². The van der Waals surface area contributed by atoms with Gasteiger partial charge in [-0.25, -0.2) is 8.42 Å². The van der Waals surface area contributed by atoms with Gasteiger partial charge in [-0.2, -0.15) is 0 Å². The van der Waals surface area contributed by atoms with Gasteiger partial charge in [-0.3, -0.25) is 9.52 Å². The number of carbonyl (C=O) groups is 1. The number of carbonyl (C=O) groups excluding carboxylic acids is 1. The van der Waals surface area contributed by atoms with Crippen LogP contribution in [0.5, 0.6) is 17.2 Å². The zero-order chi connectivity index (χ0) is 24.6. The van der Waals surface area contributed by atoms with Crippen LogP contribution in [0.3, 0.4) is 0 Å². The molecule has 0 aromatic heterocycles. The Labute approximate surface area is 199 Å². The molecule has 0 bridgehead atoms. The van der Waals surface area contributed by atoms with Gasteiger partial charge in [-0.1, -0.05) is 24.3 Å². The summed E-state index contributed by atoms with van der Waals surface area (Å²) in [6.45, 7) is 1.64. The highest BCUT2D eigenvalue weighted by Crippen LogP contribution is 2.28. The normalized spacial score (nSPS) is 11.1.